The molecule has 1 fully saturated rings. The van der Waals surface area contributed by atoms with E-state index in [1.807, 2.05) is 23.0 Å². The van der Waals surface area contributed by atoms with Gasteiger partial charge < -0.3 is 10.1 Å². The average Bonchev–Trinajstić information content (AvgIpc) is 3.15. The smallest absolute Gasteiger partial charge is 0.117 e. The van der Waals surface area contributed by atoms with Crippen LogP contribution in [0.3, 0.4) is 0 Å². The van der Waals surface area contributed by atoms with Crippen molar-refractivity contribution >= 4 is 0 Å². The molecule has 0 saturated carbocycles. The summed E-state index contributed by atoms with van der Waals surface area (Å²) in [5.74, 6) is 0. The van der Waals surface area contributed by atoms with Crippen molar-refractivity contribution in [2.45, 2.75) is 20.0 Å². The van der Waals surface area contributed by atoms with E-state index < -0.39 is 0 Å². The second-order valence-electron chi connectivity index (χ2n) is 7.51. The molecule has 0 spiro atoms. The normalized spacial score (nSPS) is 14.9. The number of morpholine rings is 1. The van der Waals surface area contributed by atoms with Gasteiger partial charge >= 0.3 is 0 Å². The molecule has 0 aliphatic carbocycles. The Hall–Kier alpha value is -2.54. The molecule has 1 saturated heterocycles. The fourth-order valence-electron chi connectivity index (χ4n) is 3.63. The number of ether oxygens (including phenoxy) is 1. The van der Waals surface area contributed by atoms with Crippen LogP contribution < -0.4 is 5.32 Å². The van der Waals surface area contributed by atoms with Gasteiger partial charge in [0.25, 0.3) is 0 Å². The maximum absolute atomic E-state index is 5.42. The third-order valence-electron chi connectivity index (χ3n) is 5.18. The quantitative estimate of drug-likeness (QED) is 0.599. The number of benzene rings is 2. The minimum Gasteiger partial charge on any atom is -0.379 e. The Morgan fingerprint density at radius 3 is 2.62 bits per heavy atom. The summed E-state index contributed by atoms with van der Waals surface area (Å²) in [5.41, 5.74) is 5.52. The summed E-state index contributed by atoms with van der Waals surface area (Å²) in [7, 11) is 0. The zero-order valence-electron chi connectivity index (χ0n) is 17.1. The molecular weight excluding hydrogens is 362 g/mol. The molecule has 6 heteroatoms. The lowest BCUT2D eigenvalue weighted by molar-refractivity contribution is 0.0384. The first-order chi connectivity index (χ1) is 14.3. The molecule has 0 amide bonds. The fourth-order valence-corrected chi connectivity index (χ4v) is 3.63. The van der Waals surface area contributed by atoms with E-state index in [4.69, 9.17) is 14.9 Å². The third kappa shape index (κ3) is 5.50. The largest absolute Gasteiger partial charge is 0.379 e. The highest BCUT2D eigenvalue weighted by Crippen LogP contribution is 2.20. The number of rotatable bonds is 8. The minimum atomic E-state index is 0.676. The Bertz CT molecular complexity index is 903. The summed E-state index contributed by atoms with van der Waals surface area (Å²) < 4.78 is 5.42. The van der Waals surface area contributed by atoms with E-state index in [0.717, 1.165) is 56.3 Å². The van der Waals surface area contributed by atoms with Crippen LogP contribution in [0.5, 0.6) is 0 Å². The van der Waals surface area contributed by atoms with Crippen LogP contribution >= 0.6 is 0 Å². The van der Waals surface area contributed by atoms with Gasteiger partial charge in [-0.3, -0.25) is 4.90 Å². The minimum absolute atomic E-state index is 0.676. The van der Waals surface area contributed by atoms with E-state index in [1.54, 1.807) is 0 Å². The van der Waals surface area contributed by atoms with E-state index in [2.05, 4.69) is 53.5 Å². The topological polar surface area (TPSA) is 55.2 Å². The average molecular weight is 392 g/mol. The van der Waals surface area contributed by atoms with Gasteiger partial charge in [-0.15, -0.1) is 0 Å². The Labute approximate surface area is 172 Å². The second kappa shape index (κ2) is 9.78. The van der Waals surface area contributed by atoms with Crippen LogP contribution in [0.25, 0.3) is 11.3 Å². The molecule has 152 valence electrons. The number of nitrogens with one attached hydrogen (secondary N) is 1. The van der Waals surface area contributed by atoms with Gasteiger partial charge in [-0.25, -0.2) is 0 Å². The van der Waals surface area contributed by atoms with E-state index in [-0.39, 0.29) is 0 Å². The predicted octanol–water partition coefficient (Wildman–Crippen LogP) is 2.72. The lowest BCUT2D eigenvalue weighted by Crippen LogP contribution is -2.40. The van der Waals surface area contributed by atoms with Gasteiger partial charge in [0.1, 0.15) is 11.4 Å². The van der Waals surface area contributed by atoms with Crippen LogP contribution in [0.1, 0.15) is 16.8 Å². The zero-order chi connectivity index (χ0) is 19.9. The fraction of sp³-hybridized carbons (Fsp3) is 0.391. The van der Waals surface area contributed by atoms with E-state index >= 15 is 0 Å². The van der Waals surface area contributed by atoms with Crippen molar-refractivity contribution in [1.29, 1.82) is 0 Å². The Morgan fingerprint density at radius 2 is 1.83 bits per heavy atom. The molecular formula is C23H29N5O. The van der Waals surface area contributed by atoms with Crippen LogP contribution in [-0.2, 0) is 17.8 Å². The first-order valence-electron chi connectivity index (χ1n) is 10.3. The van der Waals surface area contributed by atoms with Crippen LogP contribution in [0, 0.1) is 6.92 Å². The van der Waals surface area contributed by atoms with Crippen molar-refractivity contribution in [2.24, 2.45) is 0 Å². The van der Waals surface area contributed by atoms with E-state index in [0.29, 0.717) is 13.1 Å². The van der Waals surface area contributed by atoms with Crippen molar-refractivity contribution in [1.82, 2.24) is 25.2 Å². The van der Waals surface area contributed by atoms with Gasteiger partial charge in [-0.05, 0) is 12.5 Å². The lowest BCUT2D eigenvalue weighted by Gasteiger charge is -2.26. The Kier molecular flexibility index (Phi) is 6.67. The van der Waals surface area contributed by atoms with Gasteiger partial charge in [0.05, 0.1) is 19.8 Å². The molecule has 1 N–H and O–H groups in total. The SMILES string of the molecule is Cc1cccc(Cn2nc(CNCCN3CCOCC3)c(-c3ccccc3)n2)c1. The summed E-state index contributed by atoms with van der Waals surface area (Å²) in [6.45, 7) is 9.17. The zero-order valence-corrected chi connectivity index (χ0v) is 17.1. The maximum Gasteiger partial charge on any atom is 0.117 e. The number of hydrogen-bond donors (Lipinski definition) is 1. The first-order valence-corrected chi connectivity index (χ1v) is 10.3. The van der Waals surface area contributed by atoms with Crippen molar-refractivity contribution in [3.05, 3.63) is 71.4 Å². The second-order valence-corrected chi connectivity index (χ2v) is 7.51. The Balaban J connectivity index is 1.44. The molecule has 0 atom stereocenters. The van der Waals surface area contributed by atoms with E-state index in [1.165, 1.54) is 11.1 Å². The highest BCUT2D eigenvalue weighted by atomic mass is 16.5. The molecule has 6 nitrogen and oxygen atoms in total. The van der Waals surface area contributed by atoms with Gasteiger partial charge in [0.15, 0.2) is 0 Å². The molecule has 3 aromatic rings. The highest BCUT2D eigenvalue weighted by Gasteiger charge is 2.14. The van der Waals surface area contributed by atoms with Gasteiger partial charge in [0, 0.05) is 38.3 Å². The van der Waals surface area contributed by atoms with Crippen LogP contribution in [0.15, 0.2) is 54.6 Å². The Morgan fingerprint density at radius 1 is 1.00 bits per heavy atom. The van der Waals surface area contributed by atoms with Crippen LogP contribution in [0.2, 0.25) is 0 Å². The summed E-state index contributed by atoms with van der Waals surface area (Å²) in [5, 5.41) is 13.2. The summed E-state index contributed by atoms with van der Waals surface area (Å²) >= 11 is 0. The number of nitrogens with zero attached hydrogens (tertiary/aromatic N) is 4. The molecule has 4 rings (SSSR count). The number of hydrogen-bond acceptors (Lipinski definition) is 5. The van der Waals surface area contributed by atoms with Gasteiger partial charge in [0.2, 0.25) is 0 Å². The molecule has 1 aliphatic heterocycles. The van der Waals surface area contributed by atoms with Crippen molar-refractivity contribution in [2.75, 3.05) is 39.4 Å². The van der Waals surface area contributed by atoms with Crippen molar-refractivity contribution in [3.8, 4) is 11.3 Å². The summed E-state index contributed by atoms with van der Waals surface area (Å²) in [4.78, 5) is 4.25. The standard InChI is InChI=1S/C23H29N5O/c1-19-6-5-7-20(16-19)18-28-25-22(23(26-28)21-8-3-2-4-9-21)17-24-10-11-27-12-14-29-15-13-27/h2-9,16,24H,10-15,17-18H2,1H3. The maximum atomic E-state index is 5.42. The van der Waals surface area contributed by atoms with E-state index in [9.17, 15) is 0 Å². The van der Waals surface area contributed by atoms with Crippen LogP contribution in [-0.4, -0.2) is 59.3 Å². The van der Waals surface area contributed by atoms with Gasteiger partial charge in [-0.1, -0.05) is 60.2 Å². The lowest BCUT2D eigenvalue weighted by atomic mass is 10.1. The molecule has 1 aliphatic rings. The van der Waals surface area contributed by atoms with Gasteiger partial charge in [-0.2, -0.15) is 15.0 Å². The van der Waals surface area contributed by atoms with Crippen molar-refractivity contribution in [3.63, 3.8) is 0 Å². The molecule has 0 unspecified atom stereocenters. The highest BCUT2D eigenvalue weighted by molar-refractivity contribution is 5.60. The first kappa shape index (κ1) is 19.8. The summed E-state index contributed by atoms with van der Waals surface area (Å²) in [6, 6.07) is 18.8. The molecule has 2 heterocycles. The molecule has 0 radical (unpaired) electrons. The van der Waals surface area contributed by atoms with Crippen LogP contribution in [0.4, 0.5) is 0 Å². The number of aryl methyl sites for hydroxylation is 1. The molecule has 1 aromatic heterocycles. The third-order valence-corrected chi connectivity index (χ3v) is 5.18. The number of aromatic nitrogens is 3. The molecule has 29 heavy (non-hydrogen) atoms. The molecule has 2 aromatic carbocycles. The summed E-state index contributed by atoms with van der Waals surface area (Å²) in [6.07, 6.45) is 0. The predicted molar refractivity (Wildman–Crippen MR) is 115 cm³/mol. The molecule has 0 bridgehead atoms. The monoisotopic (exact) mass is 391 g/mol. The van der Waals surface area contributed by atoms with Crippen molar-refractivity contribution < 1.29 is 4.74 Å².